The van der Waals surface area contributed by atoms with Crippen molar-refractivity contribution in [2.75, 3.05) is 13.1 Å². The van der Waals surface area contributed by atoms with Crippen LogP contribution in [0, 0.1) is 0 Å². The second-order valence-corrected chi connectivity index (χ2v) is 7.66. The lowest BCUT2D eigenvalue weighted by Crippen LogP contribution is -2.87. The second kappa shape index (κ2) is 7.85. The van der Waals surface area contributed by atoms with E-state index in [2.05, 4.69) is 71.4 Å². The van der Waals surface area contributed by atoms with Crippen molar-refractivity contribution in [1.29, 1.82) is 0 Å². The summed E-state index contributed by atoms with van der Waals surface area (Å²) in [7, 11) is 0. The third-order valence-corrected chi connectivity index (χ3v) is 5.98. The summed E-state index contributed by atoms with van der Waals surface area (Å²) in [6, 6.07) is 23.3. The molecule has 1 aliphatic rings. The molecule has 3 nitrogen and oxygen atoms in total. The van der Waals surface area contributed by atoms with Gasteiger partial charge < -0.3 is 10.2 Å². The van der Waals surface area contributed by atoms with Gasteiger partial charge in [0, 0.05) is 18.7 Å². The summed E-state index contributed by atoms with van der Waals surface area (Å²) in [6.07, 6.45) is 0.953. The van der Waals surface area contributed by atoms with E-state index in [0.717, 1.165) is 19.5 Å². The Hall–Kier alpha value is -2.43. The predicted molar refractivity (Wildman–Crippen MR) is 105 cm³/mol. The number of fused-ring (bicyclic) bond motifs is 1. The summed E-state index contributed by atoms with van der Waals surface area (Å²) in [5.74, 6) is 0.219. The second-order valence-electron chi connectivity index (χ2n) is 6.68. The molecule has 4 rings (SSSR count). The van der Waals surface area contributed by atoms with Gasteiger partial charge in [-0.2, -0.15) is 0 Å². The highest BCUT2D eigenvalue weighted by Gasteiger charge is 2.24. The van der Waals surface area contributed by atoms with Crippen molar-refractivity contribution in [1.82, 2.24) is 4.90 Å². The van der Waals surface area contributed by atoms with Crippen molar-refractivity contribution in [3.05, 3.63) is 93.7 Å². The molecule has 132 valence electrons. The largest absolute Gasteiger partial charge is 0.333 e. The fraction of sp³-hybridized carbons (Fsp3) is 0.227. The molecule has 2 heterocycles. The number of hydrogen-bond donors (Lipinski definition) is 1. The highest BCUT2D eigenvalue weighted by molar-refractivity contribution is 7.10. The molecule has 0 bridgehead atoms. The normalized spacial score (nSPS) is 14.7. The van der Waals surface area contributed by atoms with E-state index in [1.165, 1.54) is 21.6 Å². The minimum atomic E-state index is 0.178. The van der Waals surface area contributed by atoms with E-state index in [-0.39, 0.29) is 11.9 Å². The van der Waals surface area contributed by atoms with Gasteiger partial charge in [0.05, 0.1) is 4.88 Å². The fourth-order valence-electron chi connectivity index (χ4n) is 3.60. The Morgan fingerprint density at radius 2 is 1.77 bits per heavy atom. The molecular formula is C22H23N2OS+. The predicted octanol–water partition coefficient (Wildman–Crippen LogP) is 2.99. The molecule has 1 amide bonds. The molecule has 1 atom stereocenters. The number of hydrogen-bond acceptors (Lipinski definition) is 2. The van der Waals surface area contributed by atoms with Crippen LogP contribution in [-0.2, 0) is 17.8 Å². The van der Waals surface area contributed by atoms with Gasteiger partial charge in [0.2, 0.25) is 0 Å². The third-order valence-electron chi connectivity index (χ3n) is 5.02. The van der Waals surface area contributed by atoms with Crippen molar-refractivity contribution >= 4 is 17.2 Å². The zero-order valence-corrected chi connectivity index (χ0v) is 15.5. The minimum absolute atomic E-state index is 0.178. The maximum absolute atomic E-state index is 12.8. The first-order valence-corrected chi connectivity index (χ1v) is 9.95. The Kier molecular flexibility index (Phi) is 5.14. The van der Waals surface area contributed by atoms with Gasteiger partial charge in [-0.25, -0.2) is 0 Å². The standard InChI is InChI=1S/C22H22N2OS/c25-21(24-13-12-17-7-4-5-10-19(17)16-24)15-23-22(20-11-6-14-26-20)18-8-2-1-3-9-18/h1-11,14,22-23H,12-13,15-16H2/p+1/t22-/m1/s1. The van der Waals surface area contributed by atoms with Gasteiger partial charge in [0.15, 0.2) is 6.54 Å². The van der Waals surface area contributed by atoms with Gasteiger partial charge in [-0.05, 0) is 29.0 Å². The van der Waals surface area contributed by atoms with Gasteiger partial charge in [0.25, 0.3) is 5.91 Å². The summed E-state index contributed by atoms with van der Waals surface area (Å²) in [6.45, 7) is 2.02. The maximum atomic E-state index is 12.8. The average Bonchev–Trinajstić information content (AvgIpc) is 3.23. The van der Waals surface area contributed by atoms with Crippen molar-refractivity contribution in [2.45, 2.75) is 19.0 Å². The lowest BCUT2D eigenvalue weighted by Gasteiger charge is -2.28. The smallest absolute Gasteiger partial charge is 0.278 e. The van der Waals surface area contributed by atoms with Crippen molar-refractivity contribution < 1.29 is 10.1 Å². The number of carbonyl (C=O) groups excluding carboxylic acids is 1. The van der Waals surface area contributed by atoms with Crippen LogP contribution in [-0.4, -0.2) is 23.9 Å². The molecule has 0 unspecified atom stereocenters. The molecule has 2 N–H and O–H groups in total. The lowest BCUT2D eigenvalue weighted by molar-refractivity contribution is -0.676. The number of thiophene rings is 1. The number of carbonyl (C=O) groups is 1. The summed E-state index contributed by atoms with van der Waals surface area (Å²) in [4.78, 5) is 16.1. The van der Waals surface area contributed by atoms with Gasteiger partial charge in [-0.3, -0.25) is 4.79 Å². The monoisotopic (exact) mass is 363 g/mol. The Bertz CT molecular complexity index is 861. The maximum Gasteiger partial charge on any atom is 0.278 e. The van der Waals surface area contributed by atoms with Crippen LogP contribution in [0.2, 0.25) is 0 Å². The summed E-state index contributed by atoms with van der Waals surface area (Å²) in [5.41, 5.74) is 3.90. The van der Waals surface area contributed by atoms with Crippen LogP contribution >= 0.6 is 11.3 Å². The molecule has 1 aromatic heterocycles. The zero-order valence-electron chi connectivity index (χ0n) is 14.7. The summed E-state index contributed by atoms with van der Waals surface area (Å²) < 4.78 is 0. The van der Waals surface area contributed by atoms with Gasteiger partial charge in [-0.1, -0.05) is 60.7 Å². The molecule has 0 saturated heterocycles. The van der Waals surface area contributed by atoms with Gasteiger partial charge in [-0.15, -0.1) is 11.3 Å². The van der Waals surface area contributed by atoms with Crippen LogP contribution in [0.5, 0.6) is 0 Å². The number of amides is 1. The van der Waals surface area contributed by atoms with Crippen LogP contribution in [0.25, 0.3) is 0 Å². The van der Waals surface area contributed by atoms with Crippen LogP contribution in [0.1, 0.15) is 27.6 Å². The van der Waals surface area contributed by atoms with Crippen molar-refractivity contribution in [2.24, 2.45) is 0 Å². The number of benzene rings is 2. The number of quaternary nitrogens is 1. The topological polar surface area (TPSA) is 36.9 Å². The Morgan fingerprint density at radius 1 is 1.00 bits per heavy atom. The first-order valence-electron chi connectivity index (χ1n) is 9.07. The average molecular weight is 364 g/mol. The van der Waals surface area contributed by atoms with E-state index in [4.69, 9.17) is 0 Å². The fourth-order valence-corrected chi connectivity index (χ4v) is 4.45. The Morgan fingerprint density at radius 3 is 2.54 bits per heavy atom. The Labute approximate surface area is 158 Å². The third kappa shape index (κ3) is 3.71. The summed E-state index contributed by atoms with van der Waals surface area (Å²) in [5, 5.41) is 4.27. The molecule has 1 aliphatic heterocycles. The van der Waals surface area contributed by atoms with Crippen molar-refractivity contribution in [3.63, 3.8) is 0 Å². The Balaban J connectivity index is 1.44. The van der Waals surface area contributed by atoms with Crippen LogP contribution in [0.15, 0.2) is 72.1 Å². The highest BCUT2D eigenvalue weighted by Crippen LogP contribution is 2.22. The van der Waals surface area contributed by atoms with Crippen molar-refractivity contribution in [3.8, 4) is 0 Å². The van der Waals surface area contributed by atoms with Gasteiger partial charge in [0.1, 0.15) is 6.04 Å². The van der Waals surface area contributed by atoms with E-state index < -0.39 is 0 Å². The number of rotatable bonds is 5. The van der Waals surface area contributed by atoms with E-state index in [1.54, 1.807) is 11.3 Å². The van der Waals surface area contributed by atoms with Gasteiger partial charge >= 0.3 is 0 Å². The first kappa shape index (κ1) is 17.0. The zero-order chi connectivity index (χ0) is 17.8. The molecule has 0 radical (unpaired) electrons. The minimum Gasteiger partial charge on any atom is -0.333 e. The van der Waals surface area contributed by atoms with Crippen LogP contribution < -0.4 is 5.32 Å². The van der Waals surface area contributed by atoms with E-state index in [0.29, 0.717) is 6.54 Å². The molecule has 3 aromatic rings. The number of nitrogens with zero attached hydrogens (tertiary/aromatic N) is 1. The number of nitrogens with two attached hydrogens (primary N) is 1. The van der Waals surface area contributed by atoms with E-state index in [1.807, 2.05) is 11.0 Å². The van der Waals surface area contributed by atoms with Crippen LogP contribution in [0.4, 0.5) is 0 Å². The van der Waals surface area contributed by atoms with Crippen LogP contribution in [0.3, 0.4) is 0 Å². The molecule has 0 spiro atoms. The molecular weight excluding hydrogens is 340 g/mol. The molecule has 0 saturated carbocycles. The van der Waals surface area contributed by atoms with E-state index in [9.17, 15) is 4.79 Å². The lowest BCUT2D eigenvalue weighted by atomic mass is 10.00. The first-order chi connectivity index (χ1) is 12.8. The quantitative estimate of drug-likeness (QED) is 0.743. The molecule has 0 fully saturated rings. The molecule has 4 heteroatoms. The summed E-state index contributed by atoms with van der Waals surface area (Å²) >= 11 is 1.75. The molecule has 26 heavy (non-hydrogen) atoms. The van der Waals surface area contributed by atoms with E-state index >= 15 is 0 Å². The molecule has 0 aliphatic carbocycles. The SMILES string of the molecule is O=C(C[NH2+][C@H](c1ccccc1)c1cccs1)N1CCc2ccccc2C1. The molecule has 2 aromatic carbocycles. The highest BCUT2D eigenvalue weighted by atomic mass is 32.1.